The Morgan fingerprint density at radius 1 is 1.50 bits per heavy atom. The highest BCUT2D eigenvalue weighted by Gasteiger charge is 2.20. The van der Waals surface area contributed by atoms with Crippen molar-refractivity contribution in [3.05, 3.63) is 0 Å². The van der Waals surface area contributed by atoms with Gasteiger partial charge in [0.25, 0.3) is 0 Å². The summed E-state index contributed by atoms with van der Waals surface area (Å²) in [5.74, 6) is 0.798. The Hall–Kier alpha value is 0.250. The molecule has 1 aliphatic heterocycles. The zero-order valence-corrected chi connectivity index (χ0v) is 5.66. The Kier molecular flexibility index (Phi) is 2.64. The average molecular weight is 135 g/mol. The first kappa shape index (κ1) is 6.37. The molecule has 0 spiro atoms. The van der Waals surface area contributed by atoms with Crippen LogP contribution in [-0.4, -0.2) is 18.6 Å². The first-order valence-electron chi connectivity index (χ1n) is 3.11. The third-order valence-corrected chi connectivity index (χ3v) is 1.58. The number of alkyl halides is 1. The number of hydrogen-bond donors (Lipinski definition) is 0. The molecule has 1 aliphatic rings. The molecule has 0 bridgehead atoms. The Morgan fingerprint density at radius 2 is 2.25 bits per heavy atom. The first-order valence-corrected chi connectivity index (χ1v) is 3.64. The van der Waals surface area contributed by atoms with E-state index in [1.165, 1.54) is 12.8 Å². The van der Waals surface area contributed by atoms with Crippen molar-refractivity contribution in [2.75, 3.05) is 12.5 Å². The van der Waals surface area contributed by atoms with E-state index in [2.05, 4.69) is 0 Å². The zero-order valence-electron chi connectivity index (χ0n) is 4.90. The van der Waals surface area contributed by atoms with Gasteiger partial charge in [0, 0.05) is 5.88 Å². The van der Waals surface area contributed by atoms with Gasteiger partial charge in [-0.25, -0.2) is 0 Å². The van der Waals surface area contributed by atoms with Crippen LogP contribution in [0.5, 0.6) is 0 Å². The lowest BCUT2D eigenvalue weighted by atomic mass is 10.2. The molecule has 8 heavy (non-hydrogen) atoms. The highest BCUT2D eigenvalue weighted by molar-refractivity contribution is 6.17. The fourth-order valence-corrected chi connectivity index (χ4v) is 0.890. The molecule has 0 aromatic rings. The van der Waals surface area contributed by atoms with E-state index in [4.69, 9.17) is 16.3 Å². The lowest BCUT2D eigenvalue weighted by Crippen LogP contribution is -1.84. The van der Waals surface area contributed by atoms with E-state index < -0.39 is 0 Å². The van der Waals surface area contributed by atoms with E-state index in [0.717, 1.165) is 18.9 Å². The molecule has 0 radical (unpaired) electrons. The standard InChI is InChI=1S/C6H11ClO/c7-4-2-1-3-6-5-8-6/h6H,1-5H2. The number of halogens is 1. The predicted molar refractivity (Wildman–Crippen MR) is 34.3 cm³/mol. The van der Waals surface area contributed by atoms with E-state index in [9.17, 15) is 0 Å². The molecular weight excluding hydrogens is 124 g/mol. The highest BCUT2D eigenvalue weighted by Crippen LogP contribution is 2.16. The summed E-state index contributed by atoms with van der Waals surface area (Å²) in [7, 11) is 0. The van der Waals surface area contributed by atoms with Crippen molar-refractivity contribution in [3.63, 3.8) is 0 Å². The third-order valence-electron chi connectivity index (χ3n) is 1.31. The summed E-state index contributed by atoms with van der Waals surface area (Å²) in [6, 6.07) is 0. The molecule has 0 aliphatic carbocycles. The molecule has 1 unspecified atom stereocenters. The van der Waals surface area contributed by atoms with Gasteiger partial charge in [-0.05, 0) is 19.3 Å². The molecule has 1 atom stereocenters. The molecule has 2 heteroatoms. The highest BCUT2D eigenvalue weighted by atomic mass is 35.5. The fourth-order valence-electron chi connectivity index (χ4n) is 0.701. The van der Waals surface area contributed by atoms with Crippen LogP contribution in [0.2, 0.25) is 0 Å². The number of unbranched alkanes of at least 4 members (excludes halogenated alkanes) is 1. The molecule has 1 heterocycles. The average Bonchev–Trinajstić information content (AvgIpc) is 2.51. The molecule has 0 N–H and O–H groups in total. The third kappa shape index (κ3) is 2.53. The minimum absolute atomic E-state index is 0.596. The van der Waals surface area contributed by atoms with Crippen LogP contribution in [0.25, 0.3) is 0 Å². The monoisotopic (exact) mass is 134 g/mol. The van der Waals surface area contributed by atoms with Crippen LogP contribution in [0.4, 0.5) is 0 Å². The summed E-state index contributed by atoms with van der Waals surface area (Å²) >= 11 is 5.46. The van der Waals surface area contributed by atoms with Crippen molar-refractivity contribution in [2.24, 2.45) is 0 Å². The molecule has 1 saturated heterocycles. The number of hydrogen-bond acceptors (Lipinski definition) is 1. The smallest absolute Gasteiger partial charge is 0.0810 e. The van der Waals surface area contributed by atoms with Gasteiger partial charge < -0.3 is 4.74 Å². The van der Waals surface area contributed by atoms with E-state index in [1.807, 2.05) is 0 Å². The van der Waals surface area contributed by atoms with E-state index in [-0.39, 0.29) is 0 Å². The molecule has 0 aromatic heterocycles. The van der Waals surface area contributed by atoms with Gasteiger partial charge in [0.15, 0.2) is 0 Å². The topological polar surface area (TPSA) is 12.5 Å². The van der Waals surface area contributed by atoms with Gasteiger partial charge in [-0.3, -0.25) is 0 Å². The maximum atomic E-state index is 5.46. The first-order chi connectivity index (χ1) is 3.93. The van der Waals surface area contributed by atoms with Crippen LogP contribution in [0.1, 0.15) is 19.3 Å². The molecular formula is C6H11ClO. The molecule has 1 rings (SSSR count). The second kappa shape index (κ2) is 3.31. The minimum atomic E-state index is 0.596. The predicted octanol–water partition coefficient (Wildman–Crippen LogP) is 1.79. The maximum Gasteiger partial charge on any atom is 0.0810 e. The summed E-state index contributed by atoms with van der Waals surface area (Å²) in [6.45, 7) is 0.988. The zero-order chi connectivity index (χ0) is 5.82. The minimum Gasteiger partial charge on any atom is -0.373 e. The molecule has 0 saturated carbocycles. The van der Waals surface area contributed by atoms with Crippen LogP contribution in [-0.2, 0) is 4.74 Å². The molecule has 0 amide bonds. The fraction of sp³-hybridized carbons (Fsp3) is 1.00. The van der Waals surface area contributed by atoms with E-state index >= 15 is 0 Å². The molecule has 0 aromatic carbocycles. The van der Waals surface area contributed by atoms with Gasteiger partial charge in [-0.15, -0.1) is 11.6 Å². The van der Waals surface area contributed by atoms with E-state index in [1.54, 1.807) is 0 Å². The van der Waals surface area contributed by atoms with Gasteiger partial charge in [0.2, 0.25) is 0 Å². The molecule has 1 fully saturated rings. The SMILES string of the molecule is ClCCCCC1CO1. The number of epoxide rings is 1. The quantitative estimate of drug-likeness (QED) is 0.325. The van der Waals surface area contributed by atoms with Crippen molar-refractivity contribution in [3.8, 4) is 0 Å². The second-order valence-electron chi connectivity index (χ2n) is 2.14. The van der Waals surface area contributed by atoms with Crippen LogP contribution >= 0.6 is 11.6 Å². The molecule has 1 nitrogen and oxygen atoms in total. The lowest BCUT2D eigenvalue weighted by Gasteiger charge is -1.89. The Bertz CT molecular complexity index is 61.5. The Balaban J connectivity index is 1.74. The van der Waals surface area contributed by atoms with Crippen LogP contribution in [0.3, 0.4) is 0 Å². The van der Waals surface area contributed by atoms with Crippen molar-refractivity contribution >= 4 is 11.6 Å². The lowest BCUT2D eigenvalue weighted by molar-refractivity contribution is 0.391. The van der Waals surface area contributed by atoms with Crippen molar-refractivity contribution in [1.29, 1.82) is 0 Å². The van der Waals surface area contributed by atoms with E-state index in [0.29, 0.717) is 6.10 Å². The van der Waals surface area contributed by atoms with Crippen LogP contribution < -0.4 is 0 Å². The van der Waals surface area contributed by atoms with Crippen molar-refractivity contribution in [2.45, 2.75) is 25.4 Å². The van der Waals surface area contributed by atoms with Crippen molar-refractivity contribution < 1.29 is 4.74 Å². The largest absolute Gasteiger partial charge is 0.373 e. The van der Waals surface area contributed by atoms with Crippen LogP contribution in [0, 0.1) is 0 Å². The summed E-state index contributed by atoms with van der Waals surface area (Å²) in [5.41, 5.74) is 0. The van der Waals surface area contributed by atoms with Crippen molar-refractivity contribution in [1.82, 2.24) is 0 Å². The summed E-state index contributed by atoms with van der Waals surface area (Å²) in [6.07, 6.45) is 4.18. The summed E-state index contributed by atoms with van der Waals surface area (Å²) in [4.78, 5) is 0. The van der Waals surface area contributed by atoms with Gasteiger partial charge >= 0.3 is 0 Å². The van der Waals surface area contributed by atoms with Gasteiger partial charge in [-0.2, -0.15) is 0 Å². The summed E-state index contributed by atoms with van der Waals surface area (Å²) < 4.78 is 5.01. The summed E-state index contributed by atoms with van der Waals surface area (Å²) in [5, 5.41) is 0. The number of rotatable bonds is 4. The Labute approximate surface area is 55.0 Å². The van der Waals surface area contributed by atoms with Gasteiger partial charge in [0.05, 0.1) is 12.7 Å². The Morgan fingerprint density at radius 3 is 2.75 bits per heavy atom. The maximum absolute atomic E-state index is 5.46. The number of ether oxygens (including phenoxy) is 1. The molecule has 48 valence electrons. The normalized spacial score (nSPS) is 25.9. The van der Waals surface area contributed by atoms with Gasteiger partial charge in [0.1, 0.15) is 0 Å². The van der Waals surface area contributed by atoms with Gasteiger partial charge in [-0.1, -0.05) is 0 Å². The van der Waals surface area contributed by atoms with Crippen LogP contribution in [0.15, 0.2) is 0 Å². The second-order valence-corrected chi connectivity index (χ2v) is 2.52.